The zero-order chi connectivity index (χ0) is 14.6. The standard InChI is InChI=1S/C17H33IN.ClH/c1-5-9-12-15-19(14-11-7-3,17(18)8-4)16-13-10-6-2;/h4,17H,5-7,9-16H2,1-3H3;1H/q+1;/p-1. The summed E-state index contributed by atoms with van der Waals surface area (Å²) in [6, 6.07) is 0. The Hall–Kier alpha value is 0.540. The van der Waals surface area contributed by atoms with Crippen LogP contribution in [-0.4, -0.2) is 28.2 Å². The van der Waals surface area contributed by atoms with Gasteiger partial charge in [-0.05, 0) is 38.0 Å². The van der Waals surface area contributed by atoms with Gasteiger partial charge in [-0.3, -0.25) is 0 Å². The number of rotatable bonds is 12. The predicted octanol–water partition coefficient (Wildman–Crippen LogP) is 2.38. The van der Waals surface area contributed by atoms with E-state index < -0.39 is 0 Å². The minimum atomic E-state index is 0. The Balaban J connectivity index is 0. The van der Waals surface area contributed by atoms with Gasteiger partial charge in [-0.15, -0.1) is 6.42 Å². The Labute approximate surface area is 147 Å². The zero-order valence-electron chi connectivity index (χ0n) is 13.6. The summed E-state index contributed by atoms with van der Waals surface area (Å²) in [7, 11) is 0. The normalized spacial score (nSPS) is 12.6. The monoisotopic (exact) mass is 413 g/mol. The van der Waals surface area contributed by atoms with Crippen LogP contribution in [0.1, 0.15) is 72.1 Å². The van der Waals surface area contributed by atoms with E-state index in [0.29, 0.717) is 4.05 Å². The molecule has 120 valence electrons. The Morgan fingerprint density at radius 2 is 1.25 bits per heavy atom. The molecule has 0 saturated carbocycles. The van der Waals surface area contributed by atoms with Crippen LogP contribution < -0.4 is 12.4 Å². The maximum Gasteiger partial charge on any atom is 0.200 e. The van der Waals surface area contributed by atoms with Crippen molar-refractivity contribution < 1.29 is 16.9 Å². The van der Waals surface area contributed by atoms with E-state index in [1.165, 1.54) is 71.0 Å². The maximum absolute atomic E-state index is 5.77. The number of hydrogen-bond donors (Lipinski definition) is 0. The summed E-state index contributed by atoms with van der Waals surface area (Å²) >= 11 is 2.50. The molecule has 0 radical (unpaired) electrons. The van der Waals surface area contributed by atoms with Crippen LogP contribution in [0.25, 0.3) is 0 Å². The molecule has 3 heteroatoms. The fourth-order valence-electron chi connectivity index (χ4n) is 2.66. The lowest BCUT2D eigenvalue weighted by molar-refractivity contribution is -0.927. The third-order valence-electron chi connectivity index (χ3n) is 3.99. The first-order valence-corrected chi connectivity index (χ1v) is 9.37. The van der Waals surface area contributed by atoms with E-state index in [4.69, 9.17) is 6.42 Å². The number of halogens is 2. The second-order valence-corrected chi connectivity index (χ2v) is 6.84. The number of terminal acetylenes is 1. The highest BCUT2D eigenvalue weighted by Gasteiger charge is 2.32. The van der Waals surface area contributed by atoms with Crippen LogP contribution in [-0.2, 0) is 0 Å². The predicted molar refractivity (Wildman–Crippen MR) is 95.5 cm³/mol. The van der Waals surface area contributed by atoms with E-state index in [2.05, 4.69) is 49.3 Å². The molecular weight excluding hydrogens is 381 g/mol. The molecule has 0 bridgehead atoms. The van der Waals surface area contributed by atoms with Crippen molar-refractivity contribution in [3.8, 4) is 12.3 Å². The van der Waals surface area contributed by atoms with Crippen molar-refractivity contribution in [1.82, 2.24) is 0 Å². The van der Waals surface area contributed by atoms with Gasteiger partial charge in [-0.2, -0.15) is 0 Å². The number of alkyl halides is 1. The molecule has 0 spiro atoms. The molecule has 0 amide bonds. The van der Waals surface area contributed by atoms with Gasteiger partial charge in [0.2, 0.25) is 4.05 Å². The summed E-state index contributed by atoms with van der Waals surface area (Å²) < 4.78 is 1.50. The van der Waals surface area contributed by atoms with E-state index in [1.807, 2.05) is 0 Å². The summed E-state index contributed by atoms with van der Waals surface area (Å²) in [5, 5.41) is 0. The average molecular weight is 414 g/mol. The fourth-order valence-corrected chi connectivity index (χ4v) is 3.50. The number of quaternary nitrogens is 1. The molecule has 0 heterocycles. The van der Waals surface area contributed by atoms with Crippen LogP contribution in [0.3, 0.4) is 0 Å². The van der Waals surface area contributed by atoms with Crippen LogP contribution in [0, 0.1) is 12.3 Å². The third kappa shape index (κ3) is 8.74. The first-order chi connectivity index (χ1) is 9.16. The van der Waals surface area contributed by atoms with Crippen LogP contribution in [0.4, 0.5) is 0 Å². The molecule has 1 unspecified atom stereocenters. The van der Waals surface area contributed by atoms with Gasteiger partial charge >= 0.3 is 0 Å². The van der Waals surface area contributed by atoms with Gasteiger partial charge in [0.05, 0.1) is 19.6 Å². The maximum atomic E-state index is 5.77. The quantitative estimate of drug-likeness (QED) is 0.115. The highest BCUT2D eigenvalue weighted by Crippen LogP contribution is 2.24. The van der Waals surface area contributed by atoms with Crippen molar-refractivity contribution in [2.24, 2.45) is 0 Å². The molecule has 0 aromatic carbocycles. The first-order valence-electron chi connectivity index (χ1n) is 8.12. The lowest BCUT2D eigenvalue weighted by atomic mass is 10.1. The fraction of sp³-hybridized carbons (Fsp3) is 0.882. The van der Waals surface area contributed by atoms with E-state index >= 15 is 0 Å². The van der Waals surface area contributed by atoms with Crippen LogP contribution in [0.15, 0.2) is 0 Å². The van der Waals surface area contributed by atoms with Gasteiger partial charge in [0.25, 0.3) is 0 Å². The SMILES string of the molecule is C#CC(I)[N+](CCCC)(CCCCC)CCCCC.[Cl-]. The second-order valence-electron chi connectivity index (χ2n) is 5.66. The molecule has 20 heavy (non-hydrogen) atoms. The number of hydrogen-bond acceptors (Lipinski definition) is 0. The topological polar surface area (TPSA) is 0 Å². The molecule has 0 aliphatic carbocycles. The average Bonchev–Trinajstić information content (AvgIpc) is 2.43. The Morgan fingerprint density at radius 3 is 1.60 bits per heavy atom. The van der Waals surface area contributed by atoms with E-state index in [0.717, 1.165) is 4.48 Å². The molecule has 0 aliphatic heterocycles. The van der Waals surface area contributed by atoms with Crippen molar-refractivity contribution in [2.75, 3.05) is 19.6 Å². The second kappa shape index (κ2) is 14.5. The summed E-state index contributed by atoms with van der Waals surface area (Å²) in [5.41, 5.74) is 0. The van der Waals surface area contributed by atoms with Crippen molar-refractivity contribution in [2.45, 2.75) is 76.2 Å². The van der Waals surface area contributed by atoms with Gasteiger partial charge < -0.3 is 16.9 Å². The lowest BCUT2D eigenvalue weighted by Gasteiger charge is -2.41. The smallest absolute Gasteiger partial charge is 0.200 e. The van der Waals surface area contributed by atoms with Crippen molar-refractivity contribution in [3.05, 3.63) is 0 Å². The molecule has 0 aromatic rings. The van der Waals surface area contributed by atoms with Crippen LogP contribution in [0.2, 0.25) is 0 Å². The third-order valence-corrected chi connectivity index (χ3v) is 5.53. The van der Waals surface area contributed by atoms with Gasteiger partial charge in [0, 0.05) is 22.6 Å². The Bertz CT molecular complexity index is 240. The summed E-state index contributed by atoms with van der Waals surface area (Å²) in [6.07, 6.45) is 16.3. The summed E-state index contributed by atoms with van der Waals surface area (Å²) in [5.74, 6) is 3.03. The lowest BCUT2D eigenvalue weighted by Crippen LogP contribution is -3.00. The molecule has 0 N–H and O–H groups in total. The van der Waals surface area contributed by atoms with Gasteiger partial charge in [-0.25, -0.2) is 0 Å². The molecule has 0 fully saturated rings. The van der Waals surface area contributed by atoms with Gasteiger partial charge in [0.15, 0.2) is 0 Å². The number of unbranched alkanes of at least 4 members (excludes halogenated alkanes) is 5. The molecule has 0 aromatic heterocycles. The van der Waals surface area contributed by atoms with Gasteiger partial charge in [0.1, 0.15) is 0 Å². The Kier molecular flexibility index (Phi) is 16.5. The Morgan fingerprint density at radius 1 is 0.850 bits per heavy atom. The summed E-state index contributed by atoms with van der Waals surface area (Å²) in [4.78, 5) is 0. The molecule has 0 saturated heterocycles. The summed E-state index contributed by atoms with van der Waals surface area (Å²) in [6.45, 7) is 10.7. The highest BCUT2D eigenvalue weighted by molar-refractivity contribution is 14.1. The van der Waals surface area contributed by atoms with Gasteiger partial charge in [-0.1, -0.05) is 40.0 Å². The molecular formula is C17H33ClIN. The van der Waals surface area contributed by atoms with E-state index in [9.17, 15) is 0 Å². The molecule has 0 rings (SSSR count). The highest BCUT2D eigenvalue weighted by atomic mass is 127. The van der Waals surface area contributed by atoms with Crippen molar-refractivity contribution >= 4 is 22.6 Å². The molecule has 0 aliphatic rings. The van der Waals surface area contributed by atoms with Crippen LogP contribution in [0.5, 0.6) is 0 Å². The largest absolute Gasteiger partial charge is 1.00 e. The van der Waals surface area contributed by atoms with E-state index in [-0.39, 0.29) is 12.4 Å². The van der Waals surface area contributed by atoms with Crippen LogP contribution >= 0.6 is 22.6 Å². The number of nitrogens with zero attached hydrogens (tertiary/aromatic N) is 1. The minimum Gasteiger partial charge on any atom is -1.00 e. The van der Waals surface area contributed by atoms with E-state index in [1.54, 1.807) is 0 Å². The molecule has 1 atom stereocenters. The van der Waals surface area contributed by atoms with Crippen molar-refractivity contribution in [1.29, 1.82) is 0 Å². The first kappa shape index (κ1) is 22.8. The zero-order valence-corrected chi connectivity index (χ0v) is 16.5. The minimum absolute atomic E-state index is 0. The molecule has 1 nitrogen and oxygen atoms in total. The van der Waals surface area contributed by atoms with Crippen molar-refractivity contribution in [3.63, 3.8) is 0 Å².